The van der Waals surface area contributed by atoms with E-state index in [1.165, 1.54) is 5.56 Å². The molecule has 2 heteroatoms. The summed E-state index contributed by atoms with van der Waals surface area (Å²) in [6, 6.07) is 5.17. The lowest BCUT2D eigenvalue weighted by atomic mass is 9.73. The van der Waals surface area contributed by atoms with Gasteiger partial charge in [0, 0.05) is 19.0 Å². The van der Waals surface area contributed by atoms with Crippen molar-refractivity contribution in [2.45, 2.75) is 33.2 Å². The lowest BCUT2D eigenvalue weighted by Gasteiger charge is -2.36. The average molecular weight is 207 g/mol. The average Bonchev–Trinajstić information content (AvgIpc) is 2.15. The molecule has 1 heterocycles. The van der Waals surface area contributed by atoms with E-state index >= 15 is 0 Å². The lowest BCUT2D eigenvalue weighted by molar-refractivity contribution is 0.295. The third-order valence-electron chi connectivity index (χ3n) is 3.19. The highest BCUT2D eigenvalue weighted by molar-refractivity contribution is 5.34. The van der Waals surface area contributed by atoms with Gasteiger partial charge in [-0.2, -0.15) is 0 Å². The third kappa shape index (κ3) is 2.05. The van der Waals surface area contributed by atoms with E-state index in [0.29, 0.717) is 5.92 Å². The minimum atomic E-state index is -0.134. The van der Waals surface area contributed by atoms with Crippen LogP contribution in [0.15, 0.2) is 18.2 Å². The Bertz CT molecular complexity index is 365. The SMILES string of the molecule is CC(C)(C)C1CNCc2cc(F)ccc21. The van der Waals surface area contributed by atoms with E-state index < -0.39 is 0 Å². The largest absolute Gasteiger partial charge is 0.312 e. The second-order valence-electron chi connectivity index (χ2n) is 5.39. The minimum absolute atomic E-state index is 0.134. The van der Waals surface area contributed by atoms with Gasteiger partial charge in [-0.15, -0.1) is 0 Å². The van der Waals surface area contributed by atoms with Crippen LogP contribution in [0.25, 0.3) is 0 Å². The van der Waals surface area contributed by atoms with Crippen molar-refractivity contribution in [2.24, 2.45) is 5.41 Å². The first kappa shape index (κ1) is 10.6. The third-order valence-corrected chi connectivity index (χ3v) is 3.19. The number of nitrogens with one attached hydrogen (secondary N) is 1. The van der Waals surface area contributed by atoms with Gasteiger partial charge >= 0.3 is 0 Å². The molecular weight excluding hydrogens is 189 g/mol. The number of benzene rings is 1. The van der Waals surface area contributed by atoms with E-state index in [2.05, 4.69) is 26.1 Å². The second kappa shape index (κ2) is 3.60. The molecule has 0 fully saturated rings. The number of halogens is 1. The summed E-state index contributed by atoms with van der Waals surface area (Å²) < 4.78 is 13.1. The maximum Gasteiger partial charge on any atom is 0.123 e. The van der Waals surface area contributed by atoms with Gasteiger partial charge in [-0.3, -0.25) is 0 Å². The van der Waals surface area contributed by atoms with Gasteiger partial charge in [0.05, 0.1) is 0 Å². The van der Waals surface area contributed by atoms with Crippen LogP contribution >= 0.6 is 0 Å². The quantitative estimate of drug-likeness (QED) is 0.689. The van der Waals surface area contributed by atoms with Crippen LogP contribution in [0.2, 0.25) is 0 Å². The van der Waals surface area contributed by atoms with E-state index in [1.54, 1.807) is 12.1 Å². The smallest absolute Gasteiger partial charge is 0.123 e. The Balaban J connectivity index is 2.43. The zero-order valence-electron chi connectivity index (χ0n) is 9.60. The highest BCUT2D eigenvalue weighted by Gasteiger charge is 2.30. The van der Waals surface area contributed by atoms with E-state index in [0.717, 1.165) is 18.7 Å². The fourth-order valence-electron chi connectivity index (χ4n) is 2.30. The van der Waals surface area contributed by atoms with Gasteiger partial charge in [0.1, 0.15) is 5.82 Å². The summed E-state index contributed by atoms with van der Waals surface area (Å²) >= 11 is 0. The van der Waals surface area contributed by atoms with Crippen molar-refractivity contribution in [3.63, 3.8) is 0 Å². The summed E-state index contributed by atoms with van der Waals surface area (Å²) in [5.41, 5.74) is 2.64. The van der Waals surface area contributed by atoms with Crippen LogP contribution in [0.4, 0.5) is 4.39 Å². The molecule has 1 aliphatic rings. The molecule has 0 radical (unpaired) electrons. The molecule has 0 aliphatic carbocycles. The molecule has 82 valence electrons. The molecule has 0 saturated heterocycles. The first-order valence-corrected chi connectivity index (χ1v) is 5.47. The highest BCUT2D eigenvalue weighted by atomic mass is 19.1. The van der Waals surface area contributed by atoms with Crippen LogP contribution in [0, 0.1) is 11.2 Å². The maximum atomic E-state index is 13.1. The molecule has 0 saturated carbocycles. The maximum absolute atomic E-state index is 13.1. The molecule has 1 aliphatic heterocycles. The summed E-state index contributed by atoms with van der Waals surface area (Å²) in [6.07, 6.45) is 0. The summed E-state index contributed by atoms with van der Waals surface area (Å²) in [5.74, 6) is 0.340. The topological polar surface area (TPSA) is 12.0 Å². The number of hydrogen-bond donors (Lipinski definition) is 1. The van der Waals surface area contributed by atoms with Crippen molar-refractivity contribution >= 4 is 0 Å². The Hall–Kier alpha value is -0.890. The lowest BCUT2D eigenvalue weighted by Crippen LogP contribution is -2.35. The van der Waals surface area contributed by atoms with Gasteiger partial charge < -0.3 is 5.32 Å². The van der Waals surface area contributed by atoms with Crippen molar-refractivity contribution in [1.29, 1.82) is 0 Å². The van der Waals surface area contributed by atoms with Gasteiger partial charge in [-0.1, -0.05) is 26.8 Å². The summed E-state index contributed by atoms with van der Waals surface area (Å²) in [4.78, 5) is 0. The number of rotatable bonds is 0. The number of fused-ring (bicyclic) bond motifs is 1. The molecule has 1 N–H and O–H groups in total. The van der Waals surface area contributed by atoms with Crippen molar-refractivity contribution in [3.8, 4) is 0 Å². The molecule has 1 aromatic rings. The van der Waals surface area contributed by atoms with E-state index in [4.69, 9.17) is 0 Å². The highest BCUT2D eigenvalue weighted by Crippen LogP contribution is 2.38. The van der Waals surface area contributed by atoms with Crippen LogP contribution in [0.1, 0.15) is 37.8 Å². The summed E-state index contributed by atoms with van der Waals surface area (Å²) in [6.45, 7) is 8.48. The molecule has 2 rings (SSSR count). The molecule has 1 aromatic carbocycles. The van der Waals surface area contributed by atoms with Gasteiger partial charge in [0.25, 0.3) is 0 Å². The molecule has 15 heavy (non-hydrogen) atoms. The Morgan fingerprint density at radius 3 is 2.73 bits per heavy atom. The standard InChI is InChI=1S/C13H18FN/c1-13(2,3)12-8-15-7-9-6-10(14)4-5-11(9)12/h4-6,12,15H,7-8H2,1-3H3. The first-order valence-electron chi connectivity index (χ1n) is 5.47. The van der Waals surface area contributed by atoms with Gasteiger partial charge in [-0.25, -0.2) is 4.39 Å². The van der Waals surface area contributed by atoms with Crippen molar-refractivity contribution in [2.75, 3.05) is 6.54 Å². The van der Waals surface area contributed by atoms with Crippen molar-refractivity contribution in [1.82, 2.24) is 5.32 Å². The molecule has 0 amide bonds. The zero-order valence-corrected chi connectivity index (χ0v) is 9.60. The monoisotopic (exact) mass is 207 g/mol. The fourth-order valence-corrected chi connectivity index (χ4v) is 2.30. The van der Waals surface area contributed by atoms with Crippen LogP contribution in [0.3, 0.4) is 0 Å². The van der Waals surface area contributed by atoms with E-state index in [1.807, 2.05) is 6.07 Å². The van der Waals surface area contributed by atoms with Crippen LogP contribution in [0.5, 0.6) is 0 Å². The normalized spacial score (nSPS) is 21.2. The van der Waals surface area contributed by atoms with E-state index in [-0.39, 0.29) is 11.2 Å². The van der Waals surface area contributed by atoms with Gasteiger partial charge in [0.15, 0.2) is 0 Å². The predicted molar refractivity (Wildman–Crippen MR) is 60.3 cm³/mol. The zero-order chi connectivity index (χ0) is 11.1. The fraction of sp³-hybridized carbons (Fsp3) is 0.538. The molecular formula is C13H18FN. The Kier molecular flexibility index (Phi) is 2.55. The van der Waals surface area contributed by atoms with E-state index in [9.17, 15) is 4.39 Å². The van der Waals surface area contributed by atoms with Gasteiger partial charge in [-0.05, 0) is 28.7 Å². The molecule has 1 nitrogen and oxygen atoms in total. The number of hydrogen-bond acceptors (Lipinski definition) is 1. The Labute approximate surface area is 90.7 Å². The van der Waals surface area contributed by atoms with Crippen molar-refractivity contribution in [3.05, 3.63) is 35.1 Å². The molecule has 0 bridgehead atoms. The van der Waals surface area contributed by atoms with Crippen LogP contribution < -0.4 is 5.32 Å². The first-order chi connectivity index (χ1) is 6.98. The predicted octanol–water partition coefficient (Wildman–Crippen LogP) is 3.06. The van der Waals surface area contributed by atoms with Gasteiger partial charge in [0.2, 0.25) is 0 Å². The second-order valence-corrected chi connectivity index (χ2v) is 5.39. The summed E-state index contributed by atoms with van der Waals surface area (Å²) in [7, 11) is 0. The Morgan fingerprint density at radius 2 is 2.07 bits per heavy atom. The van der Waals surface area contributed by atoms with Crippen LogP contribution in [-0.2, 0) is 6.54 Å². The molecule has 1 unspecified atom stereocenters. The summed E-state index contributed by atoms with van der Waals surface area (Å²) in [5, 5.41) is 3.36. The molecule has 0 aromatic heterocycles. The Morgan fingerprint density at radius 1 is 1.33 bits per heavy atom. The molecule has 1 atom stereocenters. The minimum Gasteiger partial charge on any atom is -0.312 e. The van der Waals surface area contributed by atoms with Crippen molar-refractivity contribution < 1.29 is 4.39 Å². The van der Waals surface area contributed by atoms with Crippen LogP contribution in [-0.4, -0.2) is 6.54 Å². The molecule has 0 spiro atoms.